The van der Waals surface area contributed by atoms with Gasteiger partial charge in [0.05, 0.1) is 37.3 Å². The molecule has 2 aliphatic rings. The first-order valence-corrected chi connectivity index (χ1v) is 16.2. The molecular formula is C33H35F4N9O5. The number of methoxy groups -OCH3 is 1. The predicted molar refractivity (Wildman–Crippen MR) is 176 cm³/mol. The summed E-state index contributed by atoms with van der Waals surface area (Å²) in [6.45, 7) is 6.19. The van der Waals surface area contributed by atoms with Gasteiger partial charge in [0.15, 0.2) is 17.3 Å². The minimum atomic E-state index is -4.91. The van der Waals surface area contributed by atoms with Crippen molar-refractivity contribution < 1.29 is 36.6 Å². The molecule has 6 rings (SSSR count). The number of fused-ring (bicyclic) bond motifs is 1. The maximum absolute atomic E-state index is 14.5. The zero-order chi connectivity index (χ0) is 36.6. The molecule has 51 heavy (non-hydrogen) atoms. The third kappa shape index (κ3) is 6.87. The molecule has 0 spiro atoms. The number of rotatable bonds is 8. The molecule has 0 unspecified atom stereocenters. The number of amides is 2. The summed E-state index contributed by atoms with van der Waals surface area (Å²) in [5.74, 6) is -1.92. The number of hydrogen-bond acceptors (Lipinski definition) is 10. The molecule has 0 atom stereocenters. The normalized spacial score (nSPS) is 15.3. The molecule has 3 aromatic heterocycles. The number of ether oxygens (including phenoxy) is 2. The van der Waals surface area contributed by atoms with Crippen LogP contribution in [0.1, 0.15) is 52.2 Å². The summed E-state index contributed by atoms with van der Waals surface area (Å²) in [6.07, 6.45) is -1.02. The predicted octanol–water partition coefficient (Wildman–Crippen LogP) is 3.43. The fraction of sp³-hybridized carbons (Fsp3) is 0.424. The van der Waals surface area contributed by atoms with Crippen molar-refractivity contribution in [3.05, 3.63) is 74.7 Å². The maximum atomic E-state index is 14.5. The molecule has 18 heteroatoms. The number of carbonyl (C=O) groups is 2. The highest BCUT2D eigenvalue weighted by molar-refractivity contribution is 5.95. The van der Waals surface area contributed by atoms with E-state index in [0.717, 1.165) is 10.1 Å². The number of hydrogen-bond donors (Lipinski definition) is 1. The molecule has 2 aliphatic heterocycles. The highest BCUT2D eigenvalue weighted by Crippen LogP contribution is 2.34. The van der Waals surface area contributed by atoms with Crippen LogP contribution in [0, 0.1) is 19.7 Å². The summed E-state index contributed by atoms with van der Waals surface area (Å²) in [4.78, 5) is 57.5. The van der Waals surface area contributed by atoms with Crippen LogP contribution in [-0.4, -0.2) is 92.3 Å². The summed E-state index contributed by atoms with van der Waals surface area (Å²) < 4.78 is 67.7. The highest BCUT2D eigenvalue weighted by atomic mass is 19.4. The molecule has 1 N–H and O–H groups in total. The number of alkyl halides is 3. The van der Waals surface area contributed by atoms with E-state index in [2.05, 4.69) is 25.4 Å². The first-order valence-electron chi connectivity index (χ1n) is 16.2. The van der Waals surface area contributed by atoms with Crippen LogP contribution < -0.4 is 20.5 Å². The van der Waals surface area contributed by atoms with Gasteiger partial charge in [-0.05, 0) is 50.0 Å². The van der Waals surface area contributed by atoms with Crippen molar-refractivity contribution in [2.45, 2.75) is 46.3 Å². The molecule has 1 aromatic carbocycles. The largest absolute Gasteiger partial charge is 0.492 e. The molecule has 1 fully saturated rings. The van der Waals surface area contributed by atoms with Crippen molar-refractivity contribution in [1.29, 1.82) is 0 Å². The van der Waals surface area contributed by atoms with Gasteiger partial charge in [-0.2, -0.15) is 22.7 Å². The Balaban J connectivity index is 1.35. The monoisotopic (exact) mass is 713 g/mol. The maximum Gasteiger partial charge on any atom is 0.419 e. The number of halogens is 4. The van der Waals surface area contributed by atoms with Gasteiger partial charge in [0.2, 0.25) is 11.7 Å². The number of aryl methyl sites for hydroxylation is 2. The lowest BCUT2D eigenvalue weighted by Crippen LogP contribution is -2.51. The molecule has 5 heterocycles. The summed E-state index contributed by atoms with van der Waals surface area (Å²) in [5.41, 5.74) is 0.0793. The van der Waals surface area contributed by atoms with Crippen LogP contribution >= 0.6 is 0 Å². The number of carbonyl (C=O) groups excluding carboxylic acids is 2. The Hall–Kier alpha value is -5.39. The Labute approximate surface area is 288 Å². The van der Waals surface area contributed by atoms with E-state index in [1.165, 1.54) is 24.9 Å². The Morgan fingerprint density at radius 2 is 1.84 bits per heavy atom. The number of nitrogens with zero attached hydrogens (tertiary/aromatic N) is 8. The molecule has 270 valence electrons. The van der Waals surface area contributed by atoms with Crippen molar-refractivity contribution in [3.8, 4) is 5.75 Å². The van der Waals surface area contributed by atoms with Crippen molar-refractivity contribution in [3.63, 3.8) is 0 Å². The number of piperazine rings is 1. The van der Waals surface area contributed by atoms with Gasteiger partial charge >= 0.3 is 6.18 Å². The Bertz CT molecular complexity index is 2100. The van der Waals surface area contributed by atoms with E-state index in [-0.39, 0.29) is 78.5 Å². The minimum Gasteiger partial charge on any atom is -0.492 e. The van der Waals surface area contributed by atoms with E-state index in [0.29, 0.717) is 43.2 Å². The Morgan fingerprint density at radius 1 is 1.10 bits per heavy atom. The van der Waals surface area contributed by atoms with E-state index >= 15 is 0 Å². The van der Waals surface area contributed by atoms with Gasteiger partial charge in [0.25, 0.3) is 11.5 Å². The van der Waals surface area contributed by atoms with E-state index in [4.69, 9.17) is 9.47 Å². The smallest absolute Gasteiger partial charge is 0.419 e. The summed E-state index contributed by atoms with van der Waals surface area (Å²) in [5, 5.41) is 7.04. The lowest BCUT2D eigenvalue weighted by Gasteiger charge is -2.36. The Morgan fingerprint density at radius 3 is 2.49 bits per heavy atom. The van der Waals surface area contributed by atoms with E-state index < -0.39 is 35.6 Å². The molecule has 2 amide bonds. The van der Waals surface area contributed by atoms with E-state index in [1.807, 2.05) is 11.0 Å². The molecule has 0 bridgehead atoms. The number of anilines is 2. The molecule has 0 radical (unpaired) electrons. The highest BCUT2D eigenvalue weighted by Gasteiger charge is 2.35. The number of aromatic nitrogens is 6. The van der Waals surface area contributed by atoms with Crippen molar-refractivity contribution in [1.82, 2.24) is 34.0 Å². The van der Waals surface area contributed by atoms with Crippen LogP contribution in [0.15, 0.2) is 29.3 Å². The van der Waals surface area contributed by atoms with Gasteiger partial charge < -0.3 is 29.2 Å². The average Bonchev–Trinajstić information content (AvgIpc) is 3.56. The number of benzene rings is 1. The lowest BCUT2D eigenvalue weighted by molar-refractivity contribution is -0.140. The topological polar surface area (TPSA) is 149 Å². The van der Waals surface area contributed by atoms with Crippen molar-refractivity contribution >= 4 is 34.5 Å². The van der Waals surface area contributed by atoms with Gasteiger partial charge in [-0.25, -0.2) is 14.4 Å². The van der Waals surface area contributed by atoms with Gasteiger partial charge in [-0.1, -0.05) is 13.0 Å². The second kappa shape index (κ2) is 14.1. The van der Waals surface area contributed by atoms with Crippen LogP contribution in [0.25, 0.3) is 11.4 Å². The minimum absolute atomic E-state index is 0.0110. The van der Waals surface area contributed by atoms with Crippen molar-refractivity contribution in [2.24, 2.45) is 0 Å². The molecule has 14 nitrogen and oxygen atoms in total. The van der Waals surface area contributed by atoms with Gasteiger partial charge in [0.1, 0.15) is 24.4 Å². The summed E-state index contributed by atoms with van der Waals surface area (Å²) in [6, 6.07) is 1.27. The Kier molecular flexibility index (Phi) is 9.79. The standard InChI is InChI=1S/C33H35F4N9O5/c1-5-24-27(43-8-10-44(11-9-43)30(48)26-28(50-4)19(3)38-17-39-26)31(49)46-32(41-29(42-46)20-6-12-51-13-7-20)45(24)16-25(47)40-23-15-22(34)21(14-18(23)2)33(35,36)37/h6,14-15,17H,5,7-13,16H2,1-4H3,(H,40,47). The summed E-state index contributed by atoms with van der Waals surface area (Å²) >= 11 is 0. The second-order valence-electron chi connectivity index (χ2n) is 12.1. The second-order valence-corrected chi connectivity index (χ2v) is 12.1. The molecule has 0 aliphatic carbocycles. The van der Waals surface area contributed by atoms with E-state index in [1.54, 1.807) is 18.7 Å². The quantitative estimate of drug-likeness (QED) is 0.269. The summed E-state index contributed by atoms with van der Waals surface area (Å²) in [7, 11) is 1.44. The first kappa shape index (κ1) is 35.4. The third-order valence-electron chi connectivity index (χ3n) is 8.88. The SMILES string of the molecule is CCc1c(N2CCN(C(=O)c3ncnc(C)c3OC)CC2)c(=O)n2nc(C3=CCOCC3)nc2n1CC(=O)Nc1cc(F)c(C(F)(F)F)cc1C. The van der Waals surface area contributed by atoms with Crippen LogP contribution in [-0.2, 0) is 28.7 Å². The average molecular weight is 714 g/mol. The van der Waals surface area contributed by atoms with Gasteiger partial charge in [0, 0.05) is 31.9 Å². The van der Waals surface area contributed by atoms with Crippen LogP contribution in [0.5, 0.6) is 5.75 Å². The zero-order valence-corrected chi connectivity index (χ0v) is 28.3. The first-order chi connectivity index (χ1) is 24.3. The van der Waals surface area contributed by atoms with Gasteiger partial charge in [-0.15, -0.1) is 5.10 Å². The van der Waals surface area contributed by atoms with Crippen LogP contribution in [0.2, 0.25) is 0 Å². The zero-order valence-electron chi connectivity index (χ0n) is 28.3. The lowest BCUT2D eigenvalue weighted by atomic mass is 10.1. The number of nitrogens with one attached hydrogen (secondary N) is 1. The van der Waals surface area contributed by atoms with Crippen LogP contribution in [0.4, 0.5) is 28.9 Å². The molecule has 0 saturated carbocycles. The van der Waals surface area contributed by atoms with Crippen molar-refractivity contribution in [2.75, 3.05) is 56.7 Å². The fourth-order valence-corrected chi connectivity index (χ4v) is 6.30. The van der Waals surface area contributed by atoms with Gasteiger partial charge in [-0.3, -0.25) is 14.4 Å². The molecule has 4 aromatic rings. The third-order valence-corrected chi connectivity index (χ3v) is 8.88. The van der Waals surface area contributed by atoms with Crippen LogP contribution in [0.3, 0.4) is 0 Å². The molecule has 1 saturated heterocycles. The van der Waals surface area contributed by atoms with E-state index in [9.17, 15) is 31.9 Å². The fourth-order valence-electron chi connectivity index (χ4n) is 6.30. The molecular weight excluding hydrogens is 678 g/mol.